The number of rotatable bonds is 8. The Morgan fingerprint density at radius 3 is 2.51 bits per heavy atom. The van der Waals surface area contributed by atoms with Crippen LogP contribution in [-0.4, -0.2) is 38.0 Å². The van der Waals surface area contributed by atoms with Crippen LogP contribution in [0.25, 0.3) is 6.08 Å². The van der Waals surface area contributed by atoms with Gasteiger partial charge in [-0.05, 0) is 60.2 Å². The molecule has 1 aliphatic rings. The largest absolute Gasteiger partial charge is 0.493 e. The molecule has 1 fully saturated rings. The highest BCUT2D eigenvalue weighted by Crippen LogP contribution is 2.36. The lowest BCUT2D eigenvalue weighted by molar-refractivity contribution is -0.122. The van der Waals surface area contributed by atoms with Gasteiger partial charge in [0, 0.05) is 6.54 Å². The molecule has 0 saturated carbocycles. The Morgan fingerprint density at radius 1 is 1.09 bits per heavy atom. The van der Waals surface area contributed by atoms with Gasteiger partial charge < -0.3 is 9.47 Å². The number of hydrogen-bond donors (Lipinski definition) is 0. The van der Waals surface area contributed by atoms with Crippen LogP contribution in [0.1, 0.15) is 18.1 Å². The van der Waals surface area contributed by atoms with Crippen molar-refractivity contribution in [1.29, 1.82) is 0 Å². The van der Waals surface area contributed by atoms with Crippen LogP contribution in [0.2, 0.25) is 4.34 Å². The van der Waals surface area contributed by atoms with Gasteiger partial charge in [0.05, 0.1) is 16.4 Å². The first-order valence-electron chi connectivity index (χ1n) is 10.5. The number of amides is 1. The number of halogens is 1. The van der Waals surface area contributed by atoms with Gasteiger partial charge in [0.1, 0.15) is 10.8 Å². The van der Waals surface area contributed by atoms with Gasteiger partial charge in [-0.3, -0.25) is 9.69 Å². The van der Waals surface area contributed by atoms with Gasteiger partial charge in [0.25, 0.3) is 15.9 Å². The highest BCUT2D eigenvalue weighted by atomic mass is 35.5. The van der Waals surface area contributed by atoms with Gasteiger partial charge in [0.2, 0.25) is 0 Å². The highest BCUT2D eigenvalue weighted by molar-refractivity contribution is 8.19. The number of methoxy groups -OCH3 is 1. The van der Waals surface area contributed by atoms with Crippen LogP contribution in [0.4, 0.5) is 0 Å². The van der Waals surface area contributed by atoms with Crippen LogP contribution in [0.3, 0.4) is 0 Å². The lowest BCUT2D eigenvalue weighted by atomic mass is 10.1. The summed E-state index contributed by atoms with van der Waals surface area (Å²) in [7, 11) is -2.43. The third-order valence-electron chi connectivity index (χ3n) is 4.93. The first-order chi connectivity index (χ1) is 16.8. The Hall–Kier alpha value is -2.79. The van der Waals surface area contributed by atoms with E-state index in [9.17, 15) is 13.2 Å². The Bertz CT molecular complexity index is 1400. The maximum atomic E-state index is 13.0. The van der Waals surface area contributed by atoms with Gasteiger partial charge in [-0.15, -0.1) is 15.7 Å². The minimum atomic E-state index is -3.99. The molecule has 0 bridgehead atoms. The molecule has 2 heterocycles. The van der Waals surface area contributed by atoms with Crippen molar-refractivity contribution in [1.82, 2.24) is 4.90 Å². The van der Waals surface area contributed by atoms with Gasteiger partial charge in [0.15, 0.2) is 16.7 Å². The summed E-state index contributed by atoms with van der Waals surface area (Å²) in [6, 6.07) is 18.0. The van der Waals surface area contributed by atoms with E-state index in [1.165, 1.54) is 17.0 Å². The second kappa shape index (κ2) is 10.9. The number of nitrogens with zero attached hydrogens (tertiary/aromatic N) is 2. The normalized spacial score (nSPS) is 16.3. The molecule has 0 unspecified atom stereocenters. The first-order valence-corrected chi connectivity index (χ1v) is 13.9. The summed E-state index contributed by atoms with van der Waals surface area (Å²) in [4.78, 5) is 14.7. The molecule has 0 atom stereocenters. The number of thioether (sulfide) groups is 1. The Morgan fingerprint density at radius 2 is 1.86 bits per heavy atom. The molecular formula is C24H21ClN2O5S3. The van der Waals surface area contributed by atoms with Gasteiger partial charge >= 0.3 is 0 Å². The molecule has 11 heteroatoms. The average Bonchev–Trinajstić information content (AvgIpc) is 3.41. The summed E-state index contributed by atoms with van der Waals surface area (Å²) in [5.41, 5.74) is 1.71. The maximum absolute atomic E-state index is 13.0. The lowest BCUT2D eigenvalue weighted by Gasteiger charge is -2.12. The number of carbonyl (C=O) groups is 1. The Kier molecular flexibility index (Phi) is 7.85. The number of sulfonamides is 1. The van der Waals surface area contributed by atoms with E-state index in [1.54, 1.807) is 38.3 Å². The zero-order valence-electron chi connectivity index (χ0n) is 18.8. The summed E-state index contributed by atoms with van der Waals surface area (Å²) in [5.74, 6) is 0.768. The number of thiophene rings is 1. The minimum Gasteiger partial charge on any atom is -0.493 e. The van der Waals surface area contributed by atoms with Crippen LogP contribution in [0.15, 0.2) is 74.2 Å². The number of carbonyl (C=O) groups excluding carboxylic acids is 1. The molecule has 1 aliphatic heterocycles. The van der Waals surface area contributed by atoms with Gasteiger partial charge in [-0.1, -0.05) is 48.0 Å². The van der Waals surface area contributed by atoms with E-state index in [-0.39, 0.29) is 21.8 Å². The Labute approximate surface area is 217 Å². The SMILES string of the molecule is CCN1C(=O)/C(=C/c2ccc(OC)c(OCc3ccccc3)c2)S/C1=N/S(=O)(=O)c1ccc(Cl)s1. The van der Waals surface area contributed by atoms with Crippen molar-refractivity contribution < 1.29 is 22.7 Å². The first kappa shape index (κ1) is 25.3. The van der Waals surface area contributed by atoms with E-state index in [0.717, 1.165) is 28.7 Å². The molecule has 1 amide bonds. The van der Waals surface area contributed by atoms with Crippen molar-refractivity contribution in [2.75, 3.05) is 13.7 Å². The molecule has 1 saturated heterocycles. The number of ether oxygens (including phenoxy) is 2. The fourth-order valence-electron chi connectivity index (χ4n) is 3.22. The summed E-state index contributed by atoms with van der Waals surface area (Å²) in [6.45, 7) is 2.39. The number of amidine groups is 1. The van der Waals surface area contributed by atoms with E-state index < -0.39 is 10.0 Å². The van der Waals surface area contributed by atoms with Crippen molar-refractivity contribution in [2.24, 2.45) is 4.40 Å². The summed E-state index contributed by atoms with van der Waals surface area (Å²) in [6.07, 6.45) is 1.68. The molecule has 7 nitrogen and oxygen atoms in total. The summed E-state index contributed by atoms with van der Waals surface area (Å²) in [5, 5.41) is 0.0994. The molecule has 0 aliphatic carbocycles. The average molecular weight is 549 g/mol. The van der Waals surface area contributed by atoms with Gasteiger partial charge in [-0.25, -0.2) is 0 Å². The molecule has 3 aromatic rings. The van der Waals surface area contributed by atoms with Crippen LogP contribution in [0.5, 0.6) is 11.5 Å². The van der Waals surface area contributed by atoms with Crippen LogP contribution >= 0.6 is 34.7 Å². The zero-order chi connectivity index (χ0) is 25.0. The predicted molar refractivity (Wildman–Crippen MR) is 141 cm³/mol. The smallest absolute Gasteiger partial charge is 0.294 e. The molecule has 182 valence electrons. The van der Waals surface area contributed by atoms with E-state index in [0.29, 0.717) is 32.9 Å². The molecule has 35 heavy (non-hydrogen) atoms. The highest BCUT2D eigenvalue weighted by Gasteiger charge is 2.34. The minimum absolute atomic E-state index is 0.0203. The van der Waals surface area contributed by atoms with Crippen molar-refractivity contribution >= 4 is 61.9 Å². The molecule has 0 spiro atoms. The topological polar surface area (TPSA) is 85.3 Å². The lowest BCUT2D eigenvalue weighted by Crippen LogP contribution is -2.29. The molecule has 0 N–H and O–H groups in total. The van der Waals surface area contributed by atoms with E-state index in [1.807, 2.05) is 30.3 Å². The Balaban J connectivity index is 1.61. The molecular weight excluding hydrogens is 528 g/mol. The van der Waals surface area contributed by atoms with Crippen LogP contribution in [0, 0.1) is 0 Å². The van der Waals surface area contributed by atoms with E-state index in [4.69, 9.17) is 21.1 Å². The monoisotopic (exact) mass is 548 g/mol. The van der Waals surface area contributed by atoms with Crippen molar-refractivity contribution in [3.8, 4) is 11.5 Å². The fourth-order valence-corrected chi connectivity index (χ4v) is 6.93. The third-order valence-corrected chi connectivity index (χ3v) is 9.02. The van der Waals surface area contributed by atoms with Crippen LogP contribution in [-0.2, 0) is 21.4 Å². The van der Waals surface area contributed by atoms with Crippen LogP contribution < -0.4 is 9.47 Å². The quantitative estimate of drug-likeness (QED) is 0.337. The second-order valence-corrected chi connectivity index (χ2v) is 11.8. The number of benzene rings is 2. The number of likely N-dealkylation sites (N-methyl/N-ethyl adjacent to an activating group) is 1. The fraction of sp³-hybridized carbons (Fsp3) is 0.167. The standard InChI is InChI=1S/C24H21ClN2O5S3/c1-3-27-23(28)20(33-24(27)26-35(29,30)22-12-11-21(25)34-22)14-17-9-10-18(31-2)19(13-17)32-15-16-7-5-4-6-8-16/h4-14H,3,15H2,1-2H3/b20-14-,26-24+. The molecule has 2 aromatic carbocycles. The molecule has 1 aromatic heterocycles. The van der Waals surface area contributed by atoms with Crippen molar-refractivity contribution in [2.45, 2.75) is 17.7 Å². The van der Waals surface area contributed by atoms with E-state index >= 15 is 0 Å². The van der Waals surface area contributed by atoms with Gasteiger partial charge in [-0.2, -0.15) is 8.42 Å². The maximum Gasteiger partial charge on any atom is 0.294 e. The molecule has 4 rings (SSSR count). The third kappa shape index (κ3) is 5.90. The second-order valence-electron chi connectivity index (χ2n) is 7.25. The number of hydrogen-bond acceptors (Lipinski definition) is 7. The summed E-state index contributed by atoms with van der Waals surface area (Å²) >= 11 is 7.80. The van der Waals surface area contributed by atoms with E-state index in [2.05, 4.69) is 4.40 Å². The molecule has 0 radical (unpaired) electrons. The van der Waals surface area contributed by atoms with Crippen molar-refractivity contribution in [3.05, 3.63) is 81.0 Å². The van der Waals surface area contributed by atoms with Crippen molar-refractivity contribution in [3.63, 3.8) is 0 Å². The summed E-state index contributed by atoms with van der Waals surface area (Å²) < 4.78 is 41.1. The predicted octanol–water partition coefficient (Wildman–Crippen LogP) is 5.67. The zero-order valence-corrected chi connectivity index (χ0v) is 22.0.